The van der Waals surface area contributed by atoms with E-state index in [2.05, 4.69) is 21.2 Å². The lowest BCUT2D eigenvalue weighted by Gasteiger charge is -2.22. The third kappa shape index (κ3) is 5.50. The van der Waals surface area contributed by atoms with Gasteiger partial charge in [0.05, 0.1) is 7.11 Å². The fraction of sp³-hybridized carbons (Fsp3) is 0.538. The van der Waals surface area contributed by atoms with Crippen molar-refractivity contribution < 1.29 is 19.1 Å². The fourth-order valence-corrected chi connectivity index (χ4v) is 2.94. The van der Waals surface area contributed by atoms with Gasteiger partial charge >= 0.3 is 12.1 Å². The van der Waals surface area contributed by atoms with Crippen LogP contribution in [-0.2, 0) is 20.7 Å². The van der Waals surface area contributed by atoms with Gasteiger partial charge in [-0.2, -0.15) is 11.3 Å². The molecule has 1 rings (SSSR count). The second kappa shape index (κ2) is 7.08. The monoisotopic (exact) mass is 363 g/mol. The molecule has 1 N–H and O–H groups in total. The van der Waals surface area contributed by atoms with Gasteiger partial charge in [-0.15, -0.1) is 0 Å². The van der Waals surface area contributed by atoms with Crippen molar-refractivity contribution in [2.75, 3.05) is 7.11 Å². The maximum Gasteiger partial charge on any atom is 0.408 e. The summed E-state index contributed by atoms with van der Waals surface area (Å²) in [6.45, 7) is 5.28. The Hall–Kier alpha value is -1.08. The molecule has 0 spiro atoms. The van der Waals surface area contributed by atoms with Crippen molar-refractivity contribution in [2.24, 2.45) is 0 Å². The molecule has 20 heavy (non-hydrogen) atoms. The highest BCUT2D eigenvalue weighted by atomic mass is 79.9. The third-order valence-corrected chi connectivity index (χ3v) is 4.12. The molecule has 1 unspecified atom stereocenters. The average molecular weight is 364 g/mol. The van der Waals surface area contributed by atoms with Crippen LogP contribution in [0.3, 0.4) is 0 Å². The first-order chi connectivity index (χ1) is 9.23. The van der Waals surface area contributed by atoms with E-state index >= 15 is 0 Å². The SMILES string of the molecule is COC(=O)C(Cc1cscc1Br)NC(=O)OC(C)(C)C. The number of amides is 1. The van der Waals surface area contributed by atoms with E-state index in [0.717, 1.165) is 10.0 Å². The molecule has 0 saturated carbocycles. The van der Waals surface area contributed by atoms with Crippen LogP contribution >= 0.6 is 27.3 Å². The summed E-state index contributed by atoms with van der Waals surface area (Å²) in [5, 5.41) is 6.37. The van der Waals surface area contributed by atoms with Crippen LogP contribution in [0.1, 0.15) is 26.3 Å². The molecule has 0 saturated heterocycles. The molecule has 7 heteroatoms. The number of hydrogen-bond acceptors (Lipinski definition) is 5. The van der Waals surface area contributed by atoms with Crippen LogP contribution in [0, 0.1) is 0 Å². The van der Waals surface area contributed by atoms with Crippen molar-refractivity contribution in [1.82, 2.24) is 5.32 Å². The van der Waals surface area contributed by atoms with Gasteiger partial charge < -0.3 is 14.8 Å². The van der Waals surface area contributed by atoms with Gasteiger partial charge in [-0.25, -0.2) is 9.59 Å². The Morgan fingerprint density at radius 2 is 2.05 bits per heavy atom. The molecule has 1 atom stereocenters. The Labute approximate surface area is 130 Å². The van der Waals surface area contributed by atoms with Crippen molar-refractivity contribution in [1.29, 1.82) is 0 Å². The standard InChI is InChI=1S/C13H18BrNO4S/c1-13(2,3)19-12(17)15-10(11(16)18-4)5-8-6-20-7-9(8)14/h6-7,10H,5H2,1-4H3,(H,15,17). The number of rotatable bonds is 4. The quantitative estimate of drug-likeness (QED) is 0.834. The number of nitrogens with one attached hydrogen (secondary N) is 1. The molecule has 1 aromatic rings. The van der Waals surface area contributed by atoms with E-state index in [1.54, 1.807) is 20.8 Å². The number of carbonyl (C=O) groups is 2. The summed E-state index contributed by atoms with van der Waals surface area (Å²) < 4.78 is 10.8. The molecular formula is C13H18BrNO4S. The summed E-state index contributed by atoms with van der Waals surface area (Å²) in [5.41, 5.74) is 0.315. The van der Waals surface area contributed by atoms with E-state index in [1.165, 1.54) is 18.4 Å². The van der Waals surface area contributed by atoms with Gasteiger partial charge in [0.25, 0.3) is 0 Å². The molecule has 0 aliphatic carbocycles. The van der Waals surface area contributed by atoms with Crippen molar-refractivity contribution in [3.05, 3.63) is 20.8 Å². The van der Waals surface area contributed by atoms with Gasteiger partial charge in [0, 0.05) is 16.3 Å². The summed E-state index contributed by atoms with van der Waals surface area (Å²) >= 11 is 4.91. The second-order valence-corrected chi connectivity index (χ2v) is 6.77. The van der Waals surface area contributed by atoms with Gasteiger partial charge in [0.2, 0.25) is 0 Å². The van der Waals surface area contributed by atoms with Crippen LogP contribution in [0.5, 0.6) is 0 Å². The number of carbonyl (C=O) groups excluding carboxylic acids is 2. The third-order valence-electron chi connectivity index (χ3n) is 2.29. The molecule has 0 bridgehead atoms. The summed E-state index contributed by atoms with van der Waals surface area (Å²) in [5.74, 6) is -0.506. The van der Waals surface area contributed by atoms with Crippen molar-refractivity contribution >= 4 is 39.3 Å². The van der Waals surface area contributed by atoms with Crippen molar-refractivity contribution in [2.45, 2.75) is 38.8 Å². The number of hydrogen-bond donors (Lipinski definition) is 1. The average Bonchev–Trinajstić information content (AvgIpc) is 2.70. The number of halogens is 1. The van der Waals surface area contributed by atoms with Crippen LogP contribution < -0.4 is 5.32 Å². The summed E-state index contributed by atoms with van der Waals surface area (Å²) in [4.78, 5) is 23.5. The van der Waals surface area contributed by atoms with Crippen LogP contribution in [-0.4, -0.2) is 30.8 Å². The summed E-state index contributed by atoms with van der Waals surface area (Å²) in [6, 6.07) is -0.777. The minimum atomic E-state index is -0.777. The molecule has 5 nitrogen and oxygen atoms in total. The van der Waals surface area contributed by atoms with E-state index in [4.69, 9.17) is 9.47 Å². The Balaban J connectivity index is 2.73. The second-order valence-electron chi connectivity index (χ2n) is 5.17. The zero-order chi connectivity index (χ0) is 15.3. The van der Waals surface area contributed by atoms with Gasteiger partial charge in [-0.1, -0.05) is 0 Å². The van der Waals surface area contributed by atoms with Crippen molar-refractivity contribution in [3.63, 3.8) is 0 Å². The molecule has 1 heterocycles. The fourth-order valence-electron chi connectivity index (χ4n) is 1.46. The predicted octanol–water partition coefficient (Wildman–Crippen LogP) is 3.12. The van der Waals surface area contributed by atoms with Crippen LogP contribution in [0.15, 0.2) is 15.2 Å². The van der Waals surface area contributed by atoms with Crippen LogP contribution in [0.2, 0.25) is 0 Å². The number of ether oxygens (including phenoxy) is 2. The molecule has 0 aliphatic heterocycles. The predicted molar refractivity (Wildman–Crippen MR) is 80.9 cm³/mol. The molecule has 1 aromatic heterocycles. The maximum absolute atomic E-state index is 11.8. The minimum Gasteiger partial charge on any atom is -0.467 e. The first-order valence-electron chi connectivity index (χ1n) is 6.01. The maximum atomic E-state index is 11.8. The van der Waals surface area contributed by atoms with E-state index in [9.17, 15) is 9.59 Å². The lowest BCUT2D eigenvalue weighted by molar-refractivity contribution is -0.143. The van der Waals surface area contributed by atoms with Crippen LogP contribution in [0.25, 0.3) is 0 Å². The highest BCUT2D eigenvalue weighted by Gasteiger charge is 2.26. The zero-order valence-electron chi connectivity index (χ0n) is 11.9. The number of methoxy groups -OCH3 is 1. The van der Waals surface area contributed by atoms with Gasteiger partial charge in [0.15, 0.2) is 0 Å². The van der Waals surface area contributed by atoms with Gasteiger partial charge in [-0.05, 0) is 47.6 Å². The normalized spacial score (nSPS) is 12.7. The Morgan fingerprint density at radius 1 is 1.40 bits per heavy atom. The molecule has 0 aliphatic rings. The Bertz CT molecular complexity index is 481. The van der Waals surface area contributed by atoms with Crippen molar-refractivity contribution in [3.8, 4) is 0 Å². The topological polar surface area (TPSA) is 64.6 Å². The lowest BCUT2D eigenvalue weighted by atomic mass is 10.1. The molecule has 0 fully saturated rings. The van der Waals surface area contributed by atoms with Gasteiger partial charge in [-0.3, -0.25) is 0 Å². The molecular weight excluding hydrogens is 346 g/mol. The molecule has 0 aromatic carbocycles. The van der Waals surface area contributed by atoms with E-state index < -0.39 is 23.7 Å². The van der Waals surface area contributed by atoms with E-state index in [0.29, 0.717) is 6.42 Å². The minimum absolute atomic E-state index is 0.343. The zero-order valence-corrected chi connectivity index (χ0v) is 14.3. The van der Waals surface area contributed by atoms with E-state index in [1.807, 2.05) is 10.8 Å². The largest absolute Gasteiger partial charge is 0.467 e. The molecule has 112 valence electrons. The van der Waals surface area contributed by atoms with Crippen LogP contribution in [0.4, 0.5) is 4.79 Å². The molecule has 0 radical (unpaired) electrons. The number of esters is 1. The first-order valence-corrected chi connectivity index (χ1v) is 7.74. The number of alkyl carbamates (subject to hydrolysis) is 1. The Kier molecular flexibility index (Phi) is 6.01. The summed E-state index contributed by atoms with van der Waals surface area (Å²) in [7, 11) is 1.29. The molecule has 1 amide bonds. The summed E-state index contributed by atoms with van der Waals surface area (Å²) in [6.07, 6.45) is -0.296. The highest BCUT2D eigenvalue weighted by Crippen LogP contribution is 2.23. The lowest BCUT2D eigenvalue weighted by Crippen LogP contribution is -2.45. The Morgan fingerprint density at radius 3 is 2.50 bits per heavy atom. The van der Waals surface area contributed by atoms with Gasteiger partial charge in [0.1, 0.15) is 11.6 Å². The first kappa shape index (κ1) is 17.0. The highest BCUT2D eigenvalue weighted by molar-refractivity contribution is 9.10. The smallest absolute Gasteiger partial charge is 0.408 e. The van der Waals surface area contributed by atoms with E-state index in [-0.39, 0.29) is 0 Å². The number of thiophene rings is 1.